The standard InChI is InChI=1S/C14H27NO2/c1-3-4-5-6-7-11(2)17-14(16)12-8-9-13(15)10-12/h11-13H,3-10,15H2,1-2H3. The number of hydrogen-bond acceptors (Lipinski definition) is 3. The summed E-state index contributed by atoms with van der Waals surface area (Å²) < 4.78 is 5.47. The second-order valence-electron chi connectivity index (χ2n) is 5.37. The molecule has 17 heavy (non-hydrogen) atoms. The molecule has 0 aromatic carbocycles. The molecule has 3 heteroatoms. The quantitative estimate of drug-likeness (QED) is 0.550. The summed E-state index contributed by atoms with van der Waals surface area (Å²) in [5.41, 5.74) is 5.80. The van der Waals surface area contributed by atoms with Crippen LogP contribution in [0.2, 0.25) is 0 Å². The topological polar surface area (TPSA) is 52.3 Å². The average Bonchev–Trinajstić information content (AvgIpc) is 2.71. The van der Waals surface area contributed by atoms with Crippen LogP contribution in [0.4, 0.5) is 0 Å². The predicted molar refractivity (Wildman–Crippen MR) is 69.6 cm³/mol. The van der Waals surface area contributed by atoms with Crippen molar-refractivity contribution in [2.45, 2.75) is 77.4 Å². The third kappa shape index (κ3) is 5.53. The number of carbonyl (C=O) groups excluding carboxylic acids is 1. The SMILES string of the molecule is CCCCCCC(C)OC(=O)C1CCC(N)C1. The van der Waals surface area contributed by atoms with Gasteiger partial charge in [0, 0.05) is 6.04 Å². The summed E-state index contributed by atoms with van der Waals surface area (Å²) >= 11 is 0. The van der Waals surface area contributed by atoms with E-state index in [0.717, 1.165) is 32.1 Å². The number of unbranched alkanes of at least 4 members (excludes halogenated alkanes) is 3. The van der Waals surface area contributed by atoms with Crippen LogP contribution in [0, 0.1) is 5.92 Å². The maximum Gasteiger partial charge on any atom is 0.309 e. The van der Waals surface area contributed by atoms with Gasteiger partial charge in [-0.05, 0) is 39.0 Å². The number of hydrogen-bond donors (Lipinski definition) is 1. The van der Waals surface area contributed by atoms with E-state index in [9.17, 15) is 4.79 Å². The number of carbonyl (C=O) groups is 1. The maximum atomic E-state index is 11.8. The highest BCUT2D eigenvalue weighted by molar-refractivity contribution is 5.73. The van der Waals surface area contributed by atoms with Crippen molar-refractivity contribution in [2.24, 2.45) is 11.7 Å². The summed E-state index contributed by atoms with van der Waals surface area (Å²) in [6.07, 6.45) is 8.65. The molecule has 0 radical (unpaired) electrons. The molecule has 1 fully saturated rings. The van der Waals surface area contributed by atoms with Crippen molar-refractivity contribution < 1.29 is 9.53 Å². The molecule has 0 aromatic rings. The fourth-order valence-electron chi connectivity index (χ4n) is 2.44. The summed E-state index contributed by atoms with van der Waals surface area (Å²) in [6, 6.07) is 0.201. The third-order valence-corrected chi connectivity index (χ3v) is 3.59. The number of esters is 1. The molecule has 1 rings (SSSR count). The molecule has 0 aromatic heterocycles. The van der Waals surface area contributed by atoms with Crippen LogP contribution >= 0.6 is 0 Å². The van der Waals surface area contributed by atoms with Crippen LogP contribution < -0.4 is 5.73 Å². The van der Waals surface area contributed by atoms with Crippen LogP contribution in [0.25, 0.3) is 0 Å². The summed E-state index contributed by atoms with van der Waals surface area (Å²) in [5.74, 6) is 0.0315. The van der Waals surface area contributed by atoms with E-state index >= 15 is 0 Å². The van der Waals surface area contributed by atoms with Gasteiger partial charge in [0.2, 0.25) is 0 Å². The van der Waals surface area contributed by atoms with Gasteiger partial charge in [-0.25, -0.2) is 0 Å². The lowest BCUT2D eigenvalue weighted by atomic mass is 10.1. The number of rotatable bonds is 7. The molecular weight excluding hydrogens is 214 g/mol. The van der Waals surface area contributed by atoms with E-state index in [1.54, 1.807) is 0 Å². The Morgan fingerprint density at radius 2 is 2.12 bits per heavy atom. The molecular formula is C14H27NO2. The first-order valence-electron chi connectivity index (χ1n) is 7.09. The molecule has 1 aliphatic carbocycles. The number of nitrogens with two attached hydrogens (primary N) is 1. The lowest BCUT2D eigenvalue weighted by molar-refractivity contribution is -0.153. The van der Waals surface area contributed by atoms with E-state index in [1.807, 2.05) is 6.92 Å². The van der Waals surface area contributed by atoms with E-state index in [0.29, 0.717) is 0 Å². The normalized spacial score (nSPS) is 25.8. The molecule has 0 spiro atoms. The van der Waals surface area contributed by atoms with Crippen LogP contribution in [0.15, 0.2) is 0 Å². The zero-order valence-electron chi connectivity index (χ0n) is 11.3. The lowest BCUT2D eigenvalue weighted by Gasteiger charge is -2.16. The Morgan fingerprint density at radius 1 is 1.35 bits per heavy atom. The molecule has 3 unspecified atom stereocenters. The highest BCUT2D eigenvalue weighted by Gasteiger charge is 2.29. The van der Waals surface area contributed by atoms with Crippen LogP contribution in [0.3, 0.4) is 0 Å². The minimum absolute atomic E-state index is 0.0269. The first-order chi connectivity index (χ1) is 8.13. The van der Waals surface area contributed by atoms with Crippen LogP contribution in [0.5, 0.6) is 0 Å². The largest absolute Gasteiger partial charge is 0.462 e. The monoisotopic (exact) mass is 241 g/mol. The van der Waals surface area contributed by atoms with E-state index in [2.05, 4.69) is 6.92 Å². The van der Waals surface area contributed by atoms with Crippen LogP contribution in [-0.4, -0.2) is 18.1 Å². The van der Waals surface area contributed by atoms with Crippen molar-refractivity contribution in [1.29, 1.82) is 0 Å². The molecule has 0 amide bonds. The molecule has 0 saturated heterocycles. The third-order valence-electron chi connectivity index (χ3n) is 3.59. The van der Waals surface area contributed by atoms with Gasteiger partial charge in [0.1, 0.15) is 0 Å². The Balaban J connectivity index is 2.12. The average molecular weight is 241 g/mol. The molecule has 0 bridgehead atoms. The van der Waals surface area contributed by atoms with Crippen molar-refractivity contribution in [3.8, 4) is 0 Å². The Kier molecular flexibility index (Phi) is 6.56. The first kappa shape index (κ1) is 14.5. The van der Waals surface area contributed by atoms with Crippen molar-refractivity contribution in [3.63, 3.8) is 0 Å². The second-order valence-corrected chi connectivity index (χ2v) is 5.37. The minimum Gasteiger partial charge on any atom is -0.462 e. The van der Waals surface area contributed by atoms with Gasteiger partial charge in [0.05, 0.1) is 12.0 Å². The summed E-state index contributed by atoms with van der Waals surface area (Å²) in [5, 5.41) is 0. The summed E-state index contributed by atoms with van der Waals surface area (Å²) in [4.78, 5) is 11.8. The molecule has 0 heterocycles. The first-order valence-corrected chi connectivity index (χ1v) is 7.09. The van der Waals surface area contributed by atoms with Gasteiger partial charge >= 0.3 is 5.97 Å². The zero-order valence-corrected chi connectivity index (χ0v) is 11.3. The van der Waals surface area contributed by atoms with Gasteiger partial charge in [-0.2, -0.15) is 0 Å². The van der Waals surface area contributed by atoms with E-state index < -0.39 is 0 Å². The van der Waals surface area contributed by atoms with Crippen molar-refractivity contribution >= 4 is 5.97 Å². The van der Waals surface area contributed by atoms with E-state index in [1.165, 1.54) is 19.3 Å². The second kappa shape index (κ2) is 7.70. The van der Waals surface area contributed by atoms with E-state index in [-0.39, 0.29) is 24.0 Å². The van der Waals surface area contributed by atoms with Gasteiger partial charge in [-0.1, -0.05) is 26.2 Å². The maximum absolute atomic E-state index is 11.8. The smallest absolute Gasteiger partial charge is 0.309 e. The van der Waals surface area contributed by atoms with Gasteiger partial charge in [-0.15, -0.1) is 0 Å². The Hall–Kier alpha value is -0.570. The molecule has 3 nitrogen and oxygen atoms in total. The molecule has 2 N–H and O–H groups in total. The van der Waals surface area contributed by atoms with Gasteiger partial charge in [0.25, 0.3) is 0 Å². The zero-order chi connectivity index (χ0) is 12.7. The van der Waals surface area contributed by atoms with Crippen LogP contribution in [0.1, 0.15) is 65.2 Å². The Bertz CT molecular complexity index is 230. The predicted octanol–water partition coefficient (Wildman–Crippen LogP) is 3.02. The van der Waals surface area contributed by atoms with Gasteiger partial charge in [0.15, 0.2) is 0 Å². The van der Waals surface area contributed by atoms with Crippen molar-refractivity contribution in [1.82, 2.24) is 0 Å². The molecule has 1 saturated carbocycles. The summed E-state index contributed by atoms with van der Waals surface area (Å²) in [7, 11) is 0. The molecule has 1 aliphatic rings. The van der Waals surface area contributed by atoms with E-state index in [4.69, 9.17) is 10.5 Å². The van der Waals surface area contributed by atoms with Gasteiger partial charge < -0.3 is 10.5 Å². The fourth-order valence-corrected chi connectivity index (χ4v) is 2.44. The Labute approximate surface area is 105 Å². The number of ether oxygens (including phenoxy) is 1. The van der Waals surface area contributed by atoms with Crippen LogP contribution in [-0.2, 0) is 9.53 Å². The minimum atomic E-state index is -0.0269. The highest BCUT2D eigenvalue weighted by Crippen LogP contribution is 2.26. The highest BCUT2D eigenvalue weighted by atomic mass is 16.5. The fraction of sp³-hybridized carbons (Fsp3) is 0.929. The Morgan fingerprint density at radius 3 is 2.71 bits per heavy atom. The summed E-state index contributed by atoms with van der Waals surface area (Å²) in [6.45, 7) is 4.20. The molecule has 3 atom stereocenters. The van der Waals surface area contributed by atoms with Crippen molar-refractivity contribution in [2.75, 3.05) is 0 Å². The molecule has 100 valence electrons. The molecule has 0 aliphatic heterocycles. The van der Waals surface area contributed by atoms with Crippen molar-refractivity contribution in [3.05, 3.63) is 0 Å². The van der Waals surface area contributed by atoms with Gasteiger partial charge in [-0.3, -0.25) is 4.79 Å². The lowest BCUT2D eigenvalue weighted by Crippen LogP contribution is -2.23.